The molecule has 0 saturated heterocycles. The average molecular weight is 767 g/mol. The van der Waals surface area contributed by atoms with Crippen LogP contribution in [0.4, 0.5) is 11.4 Å². The molecule has 2 aromatic heterocycles. The summed E-state index contributed by atoms with van der Waals surface area (Å²) in [6, 6.07) is 36.4. The second-order valence-electron chi connectivity index (χ2n) is 16.3. The predicted molar refractivity (Wildman–Crippen MR) is 240 cm³/mol. The summed E-state index contributed by atoms with van der Waals surface area (Å²) in [5, 5.41) is 12.3. The van der Waals surface area contributed by atoms with Crippen molar-refractivity contribution in [3.8, 4) is 0 Å². The van der Waals surface area contributed by atoms with Crippen molar-refractivity contribution < 1.29 is 9.89 Å². The number of quaternary nitrogens is 1. The lowest BCUT2D eigenvalue weighted by molar-refractivity contribution is -0.571. The quantitative estimate of drug-likeness (QED) is 0.0460. The number of rotatable bonds is 16. The van der Waals surface area contributed by atoms with Gasteiger partial charge < -0.3 is 15.1 Å². The van der Waals surface area contributed by atoms with Crippen LogP contribution < -0.4 is 10.2 Å². The van der Waals surface area contributed by atoms with Gasteiger partial charge in [0.2, 0.25) is 0 Å². The van der Waals surface area contributed by atoms with Gasteiger partial charge in [-0.15, -0.1) is 22.7 Å². The minimum absolute atomic E-state index is 0.0266. The van der Waals surface area contributed by atoms with E-state index in [4.69, 9.17) is 0 Å². The van der Waals surface area contributed by atoms with E-state index in [-0.39, 0.29) is 10.8 Å². The first-order valence-electron chi connectivity index (χ1n) is 19.9. The number of hydrogen-bond donors (Lipinski definition) is 1. The van der Waals surface area contributed by atoms with Crippen LogP contribution in [0.5, 0.6) is 0 Å². The lowest BCUT2D eigenvalue weighted by Crippen LogP contribution is -2.78. The number of nitrogens with two attached hydrogens (primary N) is 1. The van der Waals surface area contributed by atoms with Gasteiger partial charge >= 0.3 is 0 Å². The van der Waals surface area contributed by atoms with E-state index in [1.54, 1.807) is 0 Å². The van der Waals surface area contributed by atoms with E-state index < -0.39 is 0 Å². The summed E-state index contributed by atoms with van der Waals surface area (Å²) >= 11 is 3.75. The molecule has 1 aliphatic heterocycles. The van der Waals surface area contributed by atoms with Crippen LogP contribution in [0.25, 0.3) is 21.5 Å². The van der Waals surface area contributed by atoms with Gasteiger partial charge in [-0.25, -0.2) is 4.58 Å². The van der Waals surface area contributed by atoms with Crippen LogP contribution in [-0.4, -0.2) is 57.0 Å². The Balaban J connectivity index is 1.13. The van der Waals surface area contributed by atoms with Gasteiger partial charge in [-0.05, 0) is 96.9 Å². The van der Waals surface area contributed by atoms with E-state index in [1.807, 2.05) is 22.7 Å². The lowest BCUT2D eigenvalue weighted by atomic mass is 9.74. The van der Waals surface area contributed by atoms with Crippen LogP contribution in [0.3, 0.4) is 0 Å². The number of unbranched alkanes of at least 4 members (excludes halogenated alkanes) is 2. The smallest absolute Gasteiger partial charge is 0.164 e. The summed E-state index contributed by atoms with van der Waals surface area (Å²) in [7, 11) is 8.46. The molecule has 6 aromatic rings. The Labute approximate surface area is 337 Å². The molecule has 6 heteroatoms. The SMILES string of the molecule is CN(C)C=CCC(C)(Cc1cccs1)c1ccc2ccccc2c1[NH2+]CCCCCN1C(=CC=[N+](C)C)C(C)(Cc2cccs2)c2ccc3ccccc3c21. The first kappa shape index (κ1) is 38.8. The molecule has 4 nitrogen and oxygen atoms in total. The molecule has 0 radical (unpaired) electrons. The third kappa shape index (κ3) is 8.52. The summed E-state index contributed by atoms with van der Waals surface area (Å²) in [6.45, 7) is 7.01. The fourth-order valence-electron chi connectivity index (χ4n) is 8.70. The van der Waals surface area contributed by atoms with Crippen LogP contribution in [0.15, 0.2) is 132 Å². The second kappa shape index (κ2) is 17.1. The van der Waals surface area contributed by atoms with Crippen molar-refractivity contribution in [3.63, 3.8) is 0 Å². The van der Waals surface area contributed by atoms with E-state index in [2.05, 4.69) is 194 Å². The van der Waals surface area contributed by atoms with E-state index in [0.29, 0.717) is 0 Å². The molecule has 2 unspecified atom stereocenters. The number of benzene rings is 4. The summed E-state index contributed by atoms with van der Waals surface area (Å²) in [5.41, 5.74) is 6.98. The first-order chi connectivity index (χ1) is 26.7. The number of nitrogens with zero attached hydrogens (tertiary/aromatic N) is 3. The monoisotopic (exact) mass is 766 g/mol. The summed E-state index contributed by atoms with van der Waals surface area (Å²) in [4.78, 5) is 7.70. The molecule has 3 heterocycles. The number of hydrogen-bond acceptors (Lipinski definition) is 4. The topological polar surface area (TPSA) is 26.1 Å². The molecule has 2 N–H and O–H groups in total. The molecule has 0 bridgehead atoms. The Morgan fingerprint density at radius 3 is 2.20 bits per heavy atom. The predicted octanol–water partition coefficient (Wildman–Crippen LogP) is 10.7. The standard InChI is InChI=1S/C49H57N4S2/c1-48(28-16-30-51(3)4,35-39-19-14-33-54-39)43-25-23-37-17-8-10-21-41(37)46(43)50-29-12-7-13-31-53-45(27-32-52(5)6)49(2,36-40-20-15-34-55-40)44-26-24-38-18-9-11-22-42(38)47(44)53/h8-11,14-27,30,32-34,50H,7,12-13,28-29,31,35-36H2,1-6H3/q+1/p+1. The fraction of sp³-hybridized carbons (Fsp3) is 0.327. The highest BCUT2D eigenvalue weighted by molar-refractivity contribution is 7.10. The molecular weight excluding hydrogens is 709 g/mol. The number of thiophene rings is 2. The van der Waals surface area contributed by atoms with Crippen LogP contribution in [0, 0.1) is 0 Å². The molecule has 0 amide bonds. The van der Waals surface area contributed by atoms with Crippen LogP contribution in [0.1, 0.15) is 60.4 Å². The molecule has 0 fully saturated rings. The van der Waals surface area contributed by atoms with Crippen molar-refractivity contribution in [1.82, 2.24) is 4.90 Å². The van der Waals surface area contributed by atoms with Gasteiger partial charge in [0, 0.05) is 69.3 Å². The third-order valence-corrected chi connectivity index (χ3v) is 13.2. The highest BCUT2D eigenvalue weighted by atomic mass is 32.1. The lowest BCUT2D eigenvalue weighted by Gasteiger charge is -2.30. The van der Waals surface area contributed by atoms with Gasteiger partial charge in [-0.3, -0.25) is 0 Å². The van der Waals surface area contributed by atoms with Crippen LogP contribution in [0.2, 0.25) is 0 Å². The van der Waals surface area contributed by atoms with Crippen molar-refractivity contribution in [1.29, 1.82) is 0 Å². The Morgan fingerprint density at radius 1 is 0.800 bits per heavy atom. The zero-order valence-electron chi connectivity index (χ0n) is 33.6. The third-order valence-electron chi connectivity index (χ3n) is 11.4. The van der Waals surface area contributed by atoms with Gasteiger partial charge in [0.15, 0.2) is 6.21 Å². The number of fused-ring (bicyclic) bond motifs is 4. The molecule has 284 valence electrons. The van der Waals surface area contributed by atoms with Crippen molar-refractivity contribution in [3.05, 3.63) is 153 Å². The Bertz CT molecular complexity index is 2290. The Hall–Kier alpha value is -4.49. The van der Waals surface area contributed by atoms with Gasteiger partial charge in [0.1, 0.15) is 19.8 Å². The average Bonchev–Trinajstić information content (AvgIpc) is 3.93. The molecule has 2 atom stereocenters. The first-order valence-corrected chi connectivity index (χ1v) is 21.7. The molecule has 1 aliphatic rings. The second-order valence-corrected chi connectivity index (χ2v) is 18.3. The number of anilines is 1. The maximum atomic E-state index is 2.68. The van der Waals surface area contributed by atoms with Gasteiger partial charge in [0.05, 0.1) is 12.2 Å². The maximum absolute atomic E-state index is 2.68. The Kier molecular flexibility index (Phi) is 12.1. The summed E-state index contributed by atoms with van der Waals surface area (Å²) in [6.07, 6.45) is 15.7. The zero-order chi connectivity index (χ0) is 38.4. The highest BCUT2D eigenvalue weighted by Crippen LogP contribution is 2.52. The van der Waals surface area contributed by atoms with E-state index in [1.165, 1.54) is 65.9 Å². The highest BCUT2D eigenvalue weighted by Gasteiger charge is 2.44. The molecule has 4 aromatic carbocycles. The van der Waals surface area contributed by atoms with Gasteiger partial charge in [-0.1, -0.05) is 91.9 Å². The molecule has 0 spiro atoms. The summed E-state index contributed by atoms with van der Waals surface area (Å²) < 4.78 is 2.17. The van der Waals surface area contributed by atoms with Crippen molar-refractivity contribution in [2.45, 2.75) is 63.2 Å². The minimum atomic E-state index is -0.118. The van der Waals surface area contributed by atoms with E-state index in [9.17, 15) is 0 Å². The zero-order valence-corrected chi connectivity index (χ0v) is 35.2. The van der Waals surface area contributed by atoms with E-state index in [0.717, 1.165) is 45.2 Å². The van der Waals surface area contributed by atoms with Crippen LogP contribution >= 0.6 is 22.7 Å². The normalized spacial score (nSPS) is 17.3. The van der Waals surface area contributed by atoms with Crippen molar-refractivity contribution >= 4 is 61.8 Å². The molecule has 0 saturated carbocycles. The number of allylic oxidation sites excluding steroid dienone is 3. The fourth-order valence-corrected chi connectivity index (χ4v) is 10.5. The van der Waals surface area contributed by atoms with E-state index >= 15 is 0 Å². The van der Waals surface area contributed by atoms with Crippen molar-refractivity contribution in [2.75, 3.05) is 46.2 Å². The minimum Gasteiger partial charge on any atom is -0.384 e. The van der Waals surface area contributed by atoms with Gasteiger partial charge in [0.25, 0.3) is 0 Å². The maximum Gasteiger partial charge on any atom is 0.164 e. The molecule has 0 aliphatic carbocycles. The van der Waals surface area contributed by atoms with Crippen molar-refractivity contribution in [2.24, 2.45) is 0 Å². The molecular formula is C49H58N4S2+2. The van der Waals surface area contributed by atoms with Gasteiger partial charge in [-0.2, -0.15) is 0 Å². The Morgan fingerprint density at radius 2 is 1.49 bits per heavy atom. The van der Waals surface area contributed by atoms with Crippen LogP contribution in [-0.2, 0) is 23.7 Å². The summed E-state index contributed by atoms with van der Waals surface area (Å²) in [5.74, 6) is 0. The molecule has 55 heavy (non-hydrogen) atoms. The molecule has 7 rings (SSSR count). The largest absolute Gasteiger partial charge is 0.384 e.